The van der Waals surface area contributed by atoms with E-state index >= 15 is 0 Å². The summed E-state index contributed by atoms with van der Waals surface area (Å²) < 4.78 is 0. The molecule has 0 rings (SSSR count). The second-order valence-corrected chi connectivity index (χ2v) is 3.99. The Labute approximate surface area is 232 Å². The van der Waals surface area contributed by atoms with E-state index in [-0.39, 0.29) is 125 Å². The van der Waals surface area contributed by atoms with Gasteiger partial charge in [-0.05, 0) is 0 Å². The number of hydrogen-bond donors (Lipinski definition) is 1. The summed E-state index contributed by atoms with van der Waals surface area (Å²) in [7, 11) is 0. The number of carboxylic acids is 4. The maximum atomic E-state index is 10.5. The largest absolute Gasteiger partial charge is 1.00 e. The molecule has 0 aliphatic carbocycles. The first-order valence-electron chi connectivity index (χ1n) is 5.58. The van der Waals surface area contributed by atoms with Crippen molar-refractivity contribution in [3.8, 4) is 0 Å². The second kappa shape index (κ2) is 20.5. The van der Waals surface area contributed by atoms with E-state index in [1.807, 2.05) is 0 Å². The molecule has 1 unspecified atom stereocenters. The molecular weight excluding hydrogens is 384 g/mol. The number of nitrogens with zero attached hydrogens (tertiary/aromatic N) is 2. The monoisotopic (exact) mass is 396 g/mol. The zero-order valence-electron chi connectivity index (χ0n) is 14.7. The molecule has 1 atom stereocenters. The molecule has 0 amide bonds. The maximum Gasteiger partial charge on any atom is 1.00 e. The molecule has 0 heterocycles. The first-order valence-corrected chi connectivity index (χ1v) is 5.58. The number of carbonyl (C=O) groups is 4. The standard InChI is InChI=1S/C10H16N2O9.4Na/c13-6(14)3-11(4-7(15)16)1-2-12(5-8(17)18)9(19)10(20)21;;;;/h9,19H,1-5H2,(H,13,14)(H,15,16)(H,17,18)(H,20,21);;;;/q;4*+1/p-4. The van der Waals surface area contributed by atoms with Crippen molar-refractivity contribution >= 4 is 23.9 Å². The van der Waals surface area contributed by atoms with Crippen LogP contribution in [-0.4, -0.2) is 77.7 Å². The Hall–Kier alpha value is 1.76. The minimum absolute atomic E-state index is 0. The van der Waals surface area contributed by atoms with E-state index in [4.69, 9.17) is 0 Å². The Morgan fingerprint density at radius 3 is 1.36 bits per heavy atom. The Balaban J connectivity index is -0.000000333. The molecule has 0 aromatic heterocycles. The molecule has 0 aliphatic heterocycles. The van der Waals surface area contributed by atoms with Crippen LogP contribution in [0.3, 0.4) is 0 Å². The Kier molecular flexibility index (Phi) is 30.7. The molecule has 0 aromatic rings. The van der Waals surface area contributed by atoms with Crippen molar-refractivity contribution in [1.82, 2.24) is 9.80 Å². The Morgan fingerprint density at radius 2 is 1.08 bits per heavy atom. The van der Waals surface area contributed by atoms with Gasteiger partial charge < -0.3 is 44.7 Å². The molecular formula is C10H12N2Na4O9. The van der Waals surface area contributed by atoms with Gasteiger partial charge in [-0.2, -0.15) is 0 Å². The van der Waals surface area contributed by atoms with Crippen LogP contribution in [0.5, 0.6) is 0 Å². The van der Waals surface area contributed by atoms with Crippen LogP contribution < -0.4 is 139 Å². The molecule has 0 bridgehead atoms. The van der Waals surface area contributed by atoms with E-state index in [1.54, 1.807) is 0 Å². The molecule has 120 valence electrons. The molecule has 0 aromatic carbocycles. The first kappa shape index (κ1) is 37.5. The summed E-state index contributed by atoms with van der Waals surface area (Å²) in [6, 6.07) is 0. The Bertz CT molecular complexity index is 411. The van der Waals surface area contributed by atoms with Gasteiger partial charge in [0.15, 0.2) is 0 Å². The molecule has 0 saturated heterocycles. The topological polar surface area (TPSA) is 187 Å². The summed E-state index contributed by atoms with van der Waals surface area (Å²) in [6.07, 6.45) is -2.27. The smallest absolute Gasteiger partial charge is 0.549 e. The SMILES string of the molecule is O=C([O-])CN(CCN(CC(=O)[O-])C(O)C(=O)[O-])CC(=O)[O-].[Na+].[Na+].[Na+].[Na+]. The van der Waals surface area contributed by atoms with Crippen LogP contribution in [-0.2, 0) is 19.2 Å². The molecule has 0 spiro atoms. The molecule has 15 heteroatoms. The first-order chi connectivity index (χ1) is 9.63. The fraction of sp³-hybridized carbons (Fsp3) is 0.600. The fourth-order valence-corrected chi connectivity index (χ4v) is 1.45. The predicted octanol–water partition coefficient (Wildman–Crippen LogP) is -20.1. The van der Waals surface area contributed by atoms with Gasteiger partial charge in [0, 0.05) is 32.7 Å². The van der Waals surface area contributed by atoms with E-state index in [2.05, 4.69) is 0 Å². The van der Waals surface area contributed by atoms with Crippen molar-refractivity contribution in [2.24, 2.45) is 0 Å². The van der Waals surface area contributed by atoms with Crippen LogP contribution >= 0.6 is 0 Å². The summed E-state index contributed by atoms with van der Waals surface area (Å²) in [5.41, 5.74) is 0. The minimum Gasteiger partial charge on any atom is -0.549 e. The van der Waals surface area contributed by atoms with E-state index in [0.717, 1.165) is 4.90 Å². The van der Waals surface area contributed by atoms with Crippen LogP contribution in [0.1, 0.15) is 0 Å². The van der Waals surface area contributed by atoms with Gasteiger partial charge in [0.25, 0.3) is 0 Å². The van der Waals surface area contributed by atoms with Crippen LogP contribution in [0.15, 0.2) is 0 Å². The van der Waals surface area contributed by atoms with Crippen molar-refractivity contribution in [2.75, 3.05) is 32.7 Å². The number of hydrogen-bond acceptors (Lipinski definition) is 11. The summed E-state index contributed by atoms with van der Waals surface area (Å²) >= 11 is 0. The second-order valence-electron chi connectivity index (χ2n) is 3.99. The van der Waals surface area contributed by atoms with Crippen molar-refractivity contribution in [3.05, 3.63) is 0 Å². The van der Waals surface area contributed by atoms with Crippen molar-refractivity contribution < 1.29 is 163 Å². The summed E-state index contributed by atoms with van der Waals surface area (Å²) in [6.45, 7) is -3.41. The van der Waals surface area contributed by atoms with Crippen LogP contribution in [0.25, 0.3) is 0 Å². The number of aliphatic hydroxyl groups is 1. The van der Waals surface area contributed by atoms with Gasteiger partial charge in [-0.15, -0.1) is 0 Å². The average Bonchev–Trinajstić information content (AvgIpc) is 2.31. The average molecular weight is 396 g/mol. The normalized spacial score (nSPS) is 10.4. The zero-order chi connectivity index (χ0) is 16.6. The molecule has 0 radical (unpaired) electrons. The van der Waals surface area contributed by atoms with Crippen molar-refractivity contribution in [2.45, 2.75) is 6.23 Å². The molecule has 1 N–H and O–H groups in total. The molecule has 0 saturated carbocycles. The van der Waals surface area contributed by atoms with Crippen molar-refractivity contribution in [3.63, 3.8) is 0 Å². The molecule has 11 nitrogen and oxygen atoms in total. The fourth-order valence-electron chi connectivity index (χ4n) is 1.45. The quantitative estimate of drug-likeness (QED) is 0.258. The molecule has 0 fully saturated rings. The maximum absolute atomic E-state index is 10.5. The van der Waals surface area contributed by atoms with Crippen LogP contribution in [0, 0.1) is 0 Å². The van der Waals surface area contributed by atoms with E-state index in [1.165, 1.54) is 0 Å². The number of carboxylic acid groups (broad SMARTS) is 4. The van der Waals surface area contributed by atoms with E-state index < -0.39 is 56.3 Å². The summed E-state index contributed by atoms with van der Waals surface area (Å²) in [5.74, 6) is -6.85. The van der Waals surface area contributed by atoms with Crippen molar-refractivity contribution in [1.29, 1.82) is 0 Å². The van der Waals surface area contributed by atoms with E-state index in [0.29, 0.717) is 4.90 Å². The number of carbonyl (C=O) groups excluding carboxylic acids is 4. The van der Waals surface area contributed by atoms with Crippen LogP contribution in [0.4, 0.5) is 0 Å². The number of aliphatic carboxylic acids is 4. The van der Waals surface area contributed by atoms with Gasteiger partial charge in [0.05, 0.1) is 23.9 Å². The van der Waals surface area contributed by atoms with Gasteiger partial charge >= 0.3 is 118 Å². The molecule has 0 aliphatic rings. The van der Waals surface area contributed by atoms with Gasteiger partial charge in [-0.3, -0.25) is 9.80 Å². The van der Waals surface area contributed by atoms with Gasteiger partial charge in [-0.25, -0.2) is 0 Å². The third kappa shape index (κ3) is 20.3. The zero-order valence-corrected chi connectivity index (χ0v) is 22.7. The summed E-state index contributed by atoms with van der Waals surface area (Å²) in [5, 5.41) is 51.0. The third-order valence-electron chi connectivity index (χ3n) is 2.30. The predicted molar refractivity (Wildman–Crippen MR) is 54.0 cm³/mol. The minimum atomic E-state index is -2.27. The summed E-state index contributed by atoms with van der Waals surface area (Å²) in [4.78, 5) is 43.1. The Morgan fingerprint density at radius 1 is 0.720 bits per heavy atom. The van der Waals surface area contributed by atoms with Crippen LogP contribution in [0.2, 0.25) is 0 Å². The number of rotatable bonds is 11. The van der Waals surface area contributed by atoms with Gasteiger partial charge in [-0.1, -0.05) is 0 Å². The number of aliphatic hydroxyl groups excluding tert-OH is 1. The third-order valence-corrected chi connectivity index (χ3v) is 2.30. The van der Waals surface area contributed by atoms with Gasteiger partial charge in [0.1, 0.15) is 6.23 Å². The molecule has 25 heavy (non-hydrogen) atoms. The van der Waals surface area contributed by atoms with E-state index in [9.17, 15) is 44.7 Å². The van der Waals surface area contributed by atoms with Gasteiger partial charge in [0.2, 0.25) is 0 Å².